The second kappa shape index (κ2) is 9.64. The van der Waals surface area contributed by atoms with Gasteiger partial charge in [0.05, 0.1) is 18.3 Å². The second-order valence-electron chi connectivity index (χ2n) is 6.63. The van der Waals surface area contributed by atoms with E-state index in [0.717, 1.165) is 10.1 Å². The zero-order chi connectivity index (χ0) is 22.5. The third kappa shape index (κ3) is 4.80. The van der Waals surface area contributed by atoms with Crippen molar-refractivity contribution in [2.45, 2.75) is 0 Å². The maximum Gasteiger partial charge on any atom is 0.355 e. The third-order valence-corrected chi connectivity index (χ3v) is 6.16. The van der Waals surface area contributed by atoms with Gasteiger partial charge in [0.25, 0.3) is 5.91 Å². The Morgan fingerprint density at radius 3 is 2.59 bits per heavy atom. The number of thiophene rings is 1. The van der Waals surface area contributed by atoms with Crippen LogP contribution in [0.1, 0.15) is 25.6 Å². The van der Waals surface area contributed by atoms with Gasteiger partial charge in [-0.05, 0) is 42.0 Å². The van der Waals surface area contributed by atoms with Gasteiger partial charge in [-0.2, -0.15) is 5.10 Å². The molecule has 3 aromatic carbocycles. The lowest BCUT2D eigenvalue weighted by Crippen LogP contribution is -2.17. The van der Waals surface area contributed by atoms with Gasteiger partial charge >= 0.3 is 5.97 Å². The van der Waals surface area contributed by atoms with Crippen LogP contribution < -0.4 is 14.9 Å². The van der Waals surface area contributed by atoms with E-state index in [4.69, 9.17) is 21.1 Å². The number of nitrogens with one attached hydrogen (secondary N) is 1. The van der Waals surface area contributed by atoms with Gasteiger partial charge in [0.15, 0.2) is 0 Å². The van der Waals surface area contributed by atoms with Crippen molar-refractivity contribution in [3.8, 4) is 11.5 Å². The molecule has 0 saturated heterocycles. The first kappa shape index (κ1) is 21.5. The molecule has 4 aromatic rings. The van der Waals surface area contributed by atoms with E-state index in [1.54, 1.807) is 48.5 Å². The van der Waals surface area contributed by atoms with Crippen molar-refractivity contribution in [2.24, 2.45) is 5.10 Å². The number of carbonyl (C=O) groups excluding carboxylic acids is 2. The van der Waals surface area contributed by atoms with Crippen LogP contribution in [-0.4, -0.2) is 25.2 Å². The number of fused-ring (bicyclic) bond motifs is 1. The lowest BCUT2D eigenvalue weighted by Gasteiger charge is -2.04. The van der Waals surface area contributed by atoms with Gasteiger partial charge in [-0.1, -0.05) is 48.0 Å². The van der Waals surface area contributed by atoms with Crippen molar-refractivity contribution >= 4 is 51.1 Å². The number of carbonyl (C=O) groups is 2. The van der Waals surface area contributed by atoms with Gasteiger partial charge in [-0.25, -0.2) is 10.2 Å². The van der Waals surface area contributed by atoms with Crippen LogP contribution in [0.5, 0.6) is 11.5 Å². The Hall–Kier alpha value is -3.68. The minimum Gasteiger partial charge on any atom is -0.497 e. The van der Waals surface area contributed by atoms with E-state index < -0.39 is 5.97 Å². The molecule has 0 aliphatic heterocycles. The highest BCUT2D eigenvalue weighted by Gasteiger charge is 2.19. The fraction of sp³-hybridized carbons (Fsp3) is 0.0417. The van der Waals surface area contributed by atoms with Crippen LogP contribution in [0.2, 0.25) is 5.02 Å². The highest BCUT2D eigenvalue weighted by Crippen LogP contribution is 2.35. The molecular formula is C24H17ClN2O4S. The lowest BCUT2D eigenvalue weighted by atomic mass is 10.2. The van der Waals surface area contributed by atoms with Crippen molar-refractivity contribution in [3.63, 3.8) is 0 Å². The summed E-state index contributed by atoms with van der Waals surface area (Å²) in [6.07, 6.45) is 1.46. The molecule has 0 bridgehead atoms. The van der Waals surface area contributed by atoms with Gasteiger partial charge in [-0.15, -0.1) is 11.3 Å². The van der Waals surface area contributed by atoms with Crippen LogP contribution in [0.4, 0.5) is 0 Å². The number of nitrogens with zero attached hydrogens (tertiary/aromatic N) is 1. The summed E-state index contributed by atoms with van der Waals surface area (Å²) in [5.74, 6) is 0.0141. The quantitative estimate of drug-likeness (QED) is 0.176. The molecule has 1 heterocycles. The fourth-order valence-electron chi connectivity index (χ4n) is 2.95. The topological polar surface area (TPSA) is 77.0 Å². The van der Waals surface area contributed by atoms with Crippen molar-refractivity contribution in [1.82, 2.24) is 5.43 Å². The van der Waals surface area contributed by atoms with E-state index in [-0.39, 0.29) is 5.91 Å². The van der Waals surface area contributed by atoms with Crippen LogP contribution in [0.25, 0.3) is 10.1 Å². The largest absolute Gasteiger partial charge is 0.497 e. The molecule has 32 heavy (non-hydrogen) atoms. The molecule has 0 aliphatic carbocycles. The van der Waals surface area contributed by atoms with E-state index in [9.17, 15) is 9.59 Å². The van der Waals surface area contributed by atoms with Gasteiger partial charge in [0, 0.05) is 15.6 Å². The molecule has 0 unspecified atom stereocenters. The Morgan fingerprint density at radius 2 is 1.78 bits per heavy atom. The van der Waals surface area contributed by atoms with Gasteiger partial charge in [0.2, 0.25) is 0 Å². The van der Waals surface area contributed by atoms with Crippen LogP contribution in [-0.2, 0) is 0 Å². The molecule has 1 aromatic heterocycles. The number of esters is 1. The summed E-state index contributed by atoms with van der Waals surface area (Å²) in [5, 5.41) is 5.17. The molecule has 0 fully saturated rings. The monoisotopic (exact) mass is 464 g/mol. The number of hydrogen-bond acceptors (Lipinski definition) is 6. The average molecular weight is 465 g/mol. The minimum atomic E-state index is -0.531. The Morgan fingerprint density at radius 1 is 1.00 bits per heavy atom. The van der Waals surface area contributed by atoms with E-state index in [1.807, 2.05) is 24.3 Å². The summed E-state index contributed by atoms with van der Waals surface area (Å²) in [5.41, 5.74) is 3.52. The van der Waals surface area contributed by atoms with Gasteiger partial charge in [-0.3, -0.25) is 4.79 Å². The summed E-state index contributed by atoms with van der Waals surface area (Å²) in [7, 11) is 1.53. The molecule has 160 valence electrons. The SMILES string of the molecule is COc1cccc(C(=O)NN=Cc2cccc(OC(=O)c3sc4ccccc4c3Cl)c2)c1. The second-order valence-corrected chi connectivity index (χ2v) is 8.06. The summed E-state index contributed by atoms with van der Waals surface area (Å²) in [4.78, 5) is 25.2. The average Bonchev–Trinajstić information content (AvgIpc) is 3.16. The molecule has 0 atom stereocenters. The van der Waals surface area contributed by atoms with E-state index in [2.05, 4.69) is 10.5 Å². The summed E-state index contributed by atoms with van der Waals surface area (Å²) in [6, 6.07) is 21.1. The zero-order valence-electron chi connectivity index (χ0n) is 16.9. The molecular weight excluding hydrogens is 448 g/mol. The van der Waals surface area contributed by atoms with Gasteiger partial charge in [0.1, 0.15) is 16.4 Å². The Kier molecular flexibility index (Phi) is 6.49. The lowest BCUT2D eigenvalue weighted by molar-refractivity contribution is 0.0740. The number of hydrazone groups is 1. The molecule has 1 amide bonds. The summed E-state index contributed by atoms with van der Waals surface area (Å²) >= 11 is 7.64. The molecule has 0 radical (unpaired) electrons. The van der Waals surface area contributed by atoms with Crippen LogP contribution in [0, 0.1) is 0 Å². The zero-order valence-corrected chi connectivity index (χ0v) is 18.4. The first-order valence-electron chi connectivity index (χ1n) is 9.52. The maximum absolute atomic E-state index is 12.6. The highest BCUT2D eigenvalue weighted by atomic mass is 35.5. The van der Waals surface area contributed by atoms with E-state index >= 15 is 0 Å². The van der Waals surface area contributed by atoms with E-state index in [0.29, 0.717) is 32.5 Å². The van der Waals surface area contributed by atoms with Crippen molar-refractivity contribution in [3.05, 3.63) is 93.8 Å². The Labute approximate surface area is 193 Å². The number of benzene rings is 3. The Balaban J connectivity index is 1.43. The normalized spacial score (nSPS) is 10.9. The molecule has 4 rings (SSSR count). The highest BCUT2D eigenvalue weighted by molar-refractivity contribution is 7.21. The molecule has 0 saturated carbocycles. The number of methoxy groups -OCH3 is 1. The predicted octanol–water partition coefficient (Wildman–Crippen LogP) is 5.55. The van der Waals surface area contributed by atoms with Gasteiger partial charge < -0.3 is 9.47 Å². The first-order valence-corrected chi connectivity index (χ1v) is 10.7. The predicted molar refractivity (Wildman–Crippen MR) is 126 cm³/mol. The summed E-state index contributed by atoms with van der Waals surface area (Å²) < 4.78 is 11.5. The van der Waals surface area contributed by atoms with Crippen LogP contribution in [0.3, 0.4) is 0 Å². The van der Waals surface area contributed by atoms with Crippen molar-refractivity contribution in [2.75, 3.05) is 7.11 Å². The molecule has 0 aliphatic rings. The number of amides is 1. The number of halogens is 1. The number of hydrogen-bond donors (Lipinski definition) is 1. The van der Waals surface area contributed by atoms with Crippen molar-refractivity contribution in [1.29, 1.82) is 0 Å². The third-order valence-electron chi connectivity index (χ3n) is 4.50. The molecule has 1 N–H and O–H groups in total. The van der Waals surface area contributed by atoms with E-state index in [1.165, 1.54) is 24.7 Å². The minimum absolute atomic E-state index is 0.339. The smallest absolute Gasteiger partial charge is 0.355 e. The Bertz CT molecular complexity index is 1330. The van der Waals surface area contributed by atoms with Crippen molar-refractivity contribution < 1.29 is 19.1 Å². The maximum atomic E-state index is 12.6. The summed E-state index contributed by atoms with van der Waals surface area (Å²) in [6.45, 7) is 0. The molecule has 8 heteroatoms. The number of ether oxygens (including phenoxy) is 2. The molecule has 6 nitrogen and oxygen atoms in total. The first-order chi connectivity index (χ1) is 15.5. The fourth-order valence-corrected chi connectivity index (χ4v) is 4.34. The van der Waals surface area contributed by atoms with Crippen LogP contribution >= 0.6 is 22.9 Å². The standard InChI is InChI=1S/C24H17ClN2O4S/c1-30-17-8-5-7-16(13-17)23(28)27-26-14-15-6-4-9-18(12-15)31-24(29)22-21(25)19-10-2-3-11-20(19)32-22/h2-14H,1H3,(H,27,28). The number of rotatable bonds is 6. The van der Waals surface area contributed by atoms with Crippen LogP contribution in [0.15, 0.2) is 77.9 Å². The molecule has 0 spiro atoms.